The van der Waals surface area contributed by atoms with Gasteiger partial charge in [0.15, 0.2) is 0 Å². The standard InChI is InChI=1S/C20H23N7O/c1-10(28)14-4-17-15(14)9-27(17)18-5-16(12-6-22-19(21)23-7-12)24-20(25-18)26-8-11-2-13(26)3-11/h5-7,11,13-15,17H,2-4,8-9H2,1H3,(H2,21,22,23)/t11?,13?,14?,15?,17-/m1/s1. The summed E-state index contributed by atoms with van der Waals surface area (Å²) >= 11 is 0. The molecule has 2 N–H and O–H groups in total. The number of nitrogens with zero attached hydrogens (tertiary/aromatic N) is 6. The number of rotatable bonds is 4. The van der Waals surface area contributed by atoms with Gasteiger partial charge in [-0.2, -0.15) is 4.98 Å². The maximum Gasteiger partial charge on any atom is 0.228 e. The molecule has 0 spiro atoms. The van der Waals surface area contributed by atoms with E-state index in [2.05, 4.69) is 19.8 Å². The van der Waals surface area contributed by atoms with E-state index < -0.39 is 0 Å². The van der Waals surface area contributed by atoms with Crippen LogP contribution < -0.4 is 15.5 Å². The molecule has 2 aromatic heterocycles. The van der Waals surface area contributed by atoms with Crippen molar-refractivity contribution in [3.8, 4) is 11.3 Å². The highest BCUT2D eigenvalue weighted by atomic mass is 16.1. The second-order valence-electron chi connectivity index (χ2n) is 8.72. The topological polar surface area (TPSA) is 101 Å². The van der Waals surface area contributed by atoms with Crippen molar-refractivity contribution < 1.29 is 4.79 Å². The van der Waals surface area contributed by atoms with E-state index in [4.69, 9.17) is 15.7 Å². The van der Waals surface area contributed by atoms with Crippen LogP contribution in [0.1, 0.15) is 26.2 Å². The van der Waals surface area contributed by atoms with E-state index in [1.807, 2.05) is 6.07 Å². The van der Waals surface area contributed by atoms with Gasteiger partial charge in [-0.25, -0.2) is 15.0 Å². The number of carbonyl (C=O) groups excluding carboxylic acids is 1. The fourth-order valence-corrected chi connectivity index (χ4v) is 5.34. The Morgan fingerprint density at radius 2 is 1.89 bits per heavy atom. The Hall–Kier alpha value is -2.77. The van der Waals surface area contributed by atoms with Gasteiger partial charge < -0.3 is 15.5 Å². The second kappa shape index (κ2) is 5.62. The lowest BCUT2D eigenvalue weighted by atomic mass is 9.61. The minimum Gasteiger partial charge on any atom is -0.368 e. The first kappa shape index (κ1) is 16.2. The summed E-state index contributed by atoms with van der Waals surface area (Å²) in [4.78, 5) is 34.4. The Balaban J connectivity index is 1.35. The summed E-state index contributed by atoms with van der Waals surface area (Å²) in [6.07, 6.45) is 6.88. The largest absolute Gasteiger partial charge is 0.368 e. The summed E-state index contributed by atoms with van der Waals surface area (Å²) in [6.45, 7) is 3.66. The Morgan fingerprint density at radius 3 is 2.50 bits per heavy atom. The molecule has 28 heavy (non-hydrogen) atoms. The third kappa shape index (κ3) is 2.26. The van der Waals surface area contributed by atoms with Crippen LogP contribution in [0, 0.1) is 17.8 Å². The maximum atomic E-state index is 11.7. The molecule has 3 atom stereocenters. The van der Waals surface area contributed by atoms with Gasteiger partial charge in [-0.05, 0) is 32.1 Å². The van der Waals surface area contributed by atoms with Crippen LogP contribution in [-0.2, 0) is 4.79 Å². The fourth-order valence-electron chi connectivity index (χ4n) is 5.34. The molecule has 3 saturated heterocycles. The maximum absolute atomic E-state index is 11.7. The predicted molar refractivity (Wildman–Crippen MR) is 105 cm³/mol. The van der Waals surface area contributed by atoms with Crippen molar-refractivity contribution in [2.75, 3.05) is 28.6 Å². The molecule has 0 amide bonds. The monoisotopic (exact) mass is 377 g/mol. The summed E-state index contributed by atoms with van der Waals surface area (Å²) in [5.41, 5.74) is 7.32. The van der Waals surface area contributed by atoms with Gasteiger partial charge in [-0.15, -0.1) is 0 Å². The number of hydrogen-bond acceptors (Lipinski definition) is 8. The van der Waals surface area contributed by atoms with Crippen LogP contribution in [0.25, 0.3) is 11.3 Å². The minimum absolute atomic E-state index is 0.235. The molecular weight excluding hydrogens is 354 g/mol. The molecule has 5 fully saturated rings. The summed E-state index contributed by atoms with van der Waals surface area (Å²) in [6, 6.07) is 3.03. The van der Waals surface area contributed by atoms with Crippen LogP contribution in [0.5, 0.6) is 0 Å². The van der Waals surface area contributed by atoms with E-state index in [1.54, 1.807) is 19.3 Å². The number of nitrogen functional groups attached to an aromatic ring is 1. The van der Waals surface area contributed by atoms with Crippen molar-refractivity contribution in [3.05, 3.63) is 18.5 Å². The molecule has 2 unspecified atom stereocenters. The molecule has 0 radical (unpaired) electrons. The van der Waals surface area contributed by atoms with Crippen molar-refractivity contribution in [1.29, 1.82) is 0 Å². The smallest absolute Gasteiger partial charge is 0.228 e. The molecule has 144 valence electrons. The number of carbonyl (C=O) groups is 1. The molecule has 5 aliphatic rings. The zero-order chi connectivity index (χ0) is 19.0. The first-order valence-electron chi connectivity index (χ1n) is 10.1. The summed E-state index contributed by atoms with van der Waals surface area (Å²) in [5, 5.41) is 0. The molecule has 5 heterocycles. The lowest BCUT2D eigenvalue weighted by Crippen LogP contribution is -2.68. The van der Waals surface area contributed by atoms with Crippen molar-refractivity contribution in [1.82, 2.24) is 19.9 Å². The van der Waals surface area contributed by atoms with Crippen LogP contribution in [0.3, 0.4) is 0 Å². The summed E-state index contributed by atoms with van der Waals surface area (Å²) in [7, 11) is 0. The fraction of sp³-hybridized carbons (Fsp3) is 0.550. The molecule has 8 heteroatoms. The lowest BCUT2D eigenvalue weighted by Gasteiger charge is -2.60. The van der Waals surface area contributed by atoms with Crippen LogP contribution >= 0.6 is 0 Å². The molecule has 8 nitrogen and oxygen atoms in total. The highest BCUT2D eigenvalue weighted by molar-refractivity contribution is 5.81. The van der Waals surface area contributed by atoms with Crippen molar-refractivity contribution >= 4 is 23.5 Å². The van der Waals surface area contributed by atoms with Gasteiger partial charge in [-0.3, -0.25) is 4.79 Å². The number of aromatic nitrogens is 4. The van der Waals surface area contributed by atoms with Crippen molar-refractivity contribution in [2.45, 2.75) is 38.3 Å². The van der Waals surface area contributed by atoms with Gasteiger partial charge in [0.2, 0.25) is 11.9 Å². The first-order valence-corrected chi connectivity index (χ1v) is 10.1. The molecule has 2 saturated carbocycles. The number of piperidine rings is 1. The number of hydrogen-bond donors (Lipinski definition) is 1. The molecule has 2 aromatic rings. The summed E-state index contributed by atoms with van der Waals surface area (Å²) < 4.78 is 0. The van der Waals surface area contributed by atoms with Crippen LogP contribution in [0.15, 0.2) is 18.5 Å². The van der Waals surface area contributed by atoms with Crippen molar-refractivity contribution in [3.63, 3.8) is 0 Å². The third-order valence-electron chi connectivity index (χ3n) is 7.16. The average molecular weight is 377 g/mol. The summed E-state index contributed by atoms with van der Waals surface area (Å²) in [5.74, 6) is 3.84. The Labute approximate surface area is 163 Å². The molecule has 7 rings (SSSR count). The van der Waals surface area contributed by atoms with E-state index in [0.717, 1.165) is 48.5 Å². The zero-order valence-electron chi connectivity index (χ0n) is 15.8. The van der Waals surface area contributed by atoms with Crippen LogP contribution in [-0.4, -0.2) is 50.9 Å². The molecule has 2 aliphatic carbocycles. The Kier molecular flexibility index (Phi) is 3.25. The zero-order valence-corrected chi connectivity index (χ0v) is 15.8. The number of anilines is 3. The molecule has 3 aliphatic heterocycles. The van der Waals surface area contributed by atoms with Gasteiger partial charge in [0.25, 0.3) is 0 Å². The van der Waals surface area contributed by atoms with E-state index in [-0.39, 0.29) is 11.9 Å². The van der Waals surface area contributed by atoms with Gasteiger partial charge in [0.1, 0.15) is 11.6 Å². The Morgan fingerprint density at radius 1 is 1.11 bits per heavy atom. The third-order valence-corrected chi connectivity index (χ3v) is 7.16. The quantitative estimate of drug-likeness (QED) is 0.856. The number of Topliss-reactive ketones (excluding diaryl/α,β-unsaturated/α-hetero) is 1. The average Bonchev–Trinajstić information content (AvgIpc) is 3.24. The Bertz CT molecular complexity index is 956. The van der Waals surface area contributed by atoms with Gasteiger partial charge in [0, 0.05) is 61.0 Å². The molecule has 0 aromatic carbocycles. The lowest BCUT2D eigenvalue weighted by molar-refractivity contribution is -0.129. The normalized spacial score (nSPS) is 32.2. The van der Waals surface area contributed by atoms with E-state index in [9.17, 15) is 4.79 Å². The second-order valence-corrected chi connectivity index (χ2v) is 8.72. The number of ketones is 1. The highest BCUT2D eigenvalue weighted by Gasteiger charge is 2.55. The molecule has 2 bridgehead atoms. The highest BCUT2D eigenvalue weighted by Crippen LogP contribution is 2.49. The van der Waals surface area contributed by atoms with E-state index in [0.29, 0.717) is 23.8 Å². The van der Waals surface area contributed by atoms with Gasteiger partial charge >= 0.3 is 0 Å². The molecular formula is C20H23N7O. The van der Waals surface area contributed by atoms with Gasteiger partial charge in [-0.1, -0.05) is 0 Å². The van der Waals surface area contributed by atoms with E-state index >= 15 is 0 Å². The SMILES string of the molecule is CC(=O)C1C[C@@H]2C1CN2c1cc(-c2cnc(N)nc2)nc(N2CC3CC2C3)n1. The minimum atomic E-state index is 0.235. The van der Waals surface area contributed by atoms with Crippen LogP contribution in [0.2, 0.25) is 0 Å². The predicted octanol–water partition coefficient (Wildman–Crippen LogP) is 1.53. The van der Waals surface area contributed by atoms with E-state index in [1.165, 1.54) is 12.8 Å². The first-order chi connectivity index (χ1) is 13.6. The van der Waals surface area contributed by atoms with Gasteiger partial charge in [0.05, 0.1) is 5.69 Å². The van der Waals surface area contributed by atoms with Crippen molar-refractivity contribution in [2.24, 2.45) is 17.8 Å². The number of nitrogens with two attached hydrogens (primary N) is 1. The number of fused-ring (bicyclic) bond motifs is 2. The van der Waals surface area contributed by atoms with Crippen LogP contribution in [0.4, 0.5) is 17.7 Å².